The van der Waals surface area contributed by atoms with E-state index >= 15 is 0 Å². The van der Waals surface area contributed by atoms with Gasteiger partial charge in [-0.05, 0) is 53.7 Å². The van der Waals surface area contributed by atoms with Crippen molar-refractivity contribution in [3.63, 3.8) is 0 Å². The van der Waals surface area contributed by atoms with E-state index in [2.05, 4.69) is 49.6 Å². The van der Waals surface area contributed by atoms with Gasteiger partial charge in [0.2, 0.25) is 0 Å². The number of ether oxygens (including phenoxy) is 1. The maximum absolute atomic E-state index is 12.4. The standard InChI is InChI=1S/C15H23N3O2/c1-10-8-16-13(17-9-10)20-12(19)11-7-14(2,3)18(6)15(11,4)5/h8-9,11H,7H2,1-6H3. The highest BCUT2D eigenvalue weighted by Gasteiger charge is 2.53. The van der Waals surface area contributed by atoms with Crippen molar-refractivity contribution in [1.82, 2.24) is 14.9 Å². The summed E-state index contributed by atoms with van der Waals surface area (Å²) in [7, 11) is 2.05. The van der Waals surface area contributed by atoms with Crippen molar-refractivity contribution in [3.05, 3.63) is 18.0 Å². The molecule has 0 aliphatic carbocycles. The minimum absolute atomic E-state index is 0.0265. The Morgan fingerprint density at radius 2 is 1.85 bits per heavy atom. The van der Waals surface area contributed by atoms with Crippen LogP contribution >= 0.6 is 0 Å². The summed E-state index contributed by atoms with van der Waals surface area (Å²) in [5.41, 5.74) is 0.666. The highest BCUT2D eigenvalue weighted by atomic mass is 16.5. The Hall–Kier alpha value is -1.49. The van der Waals surface area contributed by atoms with Gasteiger partial charge in [-0.2, -0.15) is 0 Å². The van der Waals surface area contributed by atoms with Gasteiger partial charge in [-0.15, -0.1) is 0 Å². The van der Waals surface area contributed by atoms with Crippen LogP contribution in [0.15, 0.2) is 12.4 Å². The molecule has 0 amide bonds. The fraction of sp³-hybridized carbons (Fsp3) is 0.667. The van der Waals surface area contributed by atoms with E-state index in [1.165, 1.54) is 0 Å². The van der Waals surface area contributed by atoms with Crippen LogP contribution in [-0.4, -0.2) is 39.0 Å². The van der Waals surface area contributed by atoms with Crippen LogP contribution in [0.3, 0.4) is 0 Å². The molecule has 1 unspecified atom stereocenters. The Bertz CT molecular complexity index is 508. The summed E-state index contributed by atoms with van der Waals surface area (Å²) in [5.74, 6) is -0.441. The summed E-state index contributed by atoms with van der Waals surface area (Å²) < 4.78 is 5.34. The first kappa shape index (κ1) is 14.9. The van der Waals surface area contributed by atoms with E-state index in [1.54, 1.807) is 12.4 Å². The van der Waals surface area contributed by atoms with Gasteiger partial charge in [0.05, 0.1) is 5.92 Å². The van der Waals surface area contributed by atoms with Gasteiger partial charge in [-0.1, -0.05) is 0 Å². The number of nitrogens with zero attached hydrogens (tertiary/aromatic N) is 3. The van der Waals surface area contributed by atoms with Gasteiger partial charge in [-0.3, -0.25) is 9.69 Å². The zero-order chi connectivity index (χ0) is 15.1. The topological polar surface area (TPSA) is 55.3 Å². The molecule has 1 aliphatic rings. The number of likely N-dealkylation sites (tertiary alicyclic amines) is 1. The van der Waals surface area contributed by atoms with Gasteiger partial charge in [0.25, 0.3) is 0 Å². The minimum Gasteiger partial charge on any atom is -0.391 e. The predicted molar refractivity (Wildman–Crippen MR) is 76.4 cm³/mol. The maximum Gasteiger partial charge on any atom is 0.324 e. The number of carbonyl (C=O) groups excluding carboxylic acids is 1. The van der Waals surface area contributed by atoms with Crippen molar-refractivity contribution >= 4 is 5.97 Å². The fourth-order valence-corrected chi connectivity index (χ4v) is 2.87. The Labute approximate surface area is 120 Å². The molecule has 0 bridgehead atoms. The Balaban J connectivity index is 2.15. The molecule has 0 N–H and O–H groups in total. The van der Waals surface area contributed by atoms with Crippen LogP contribution in [-0.2, 0) is 4.79 Å². The van der Waals surface area contributed by atoms with E-state index < -0.39 is 0 Å². The lowest BCUT2D eigenvalue weighted by molar-refractivity contribution is -0.141. The molecule has 1 aliphatic heterocycles. The van der Waals surface area contributed by atoms with Crippen molar-refractivity contribution in [3.8, 4) is 6.01 Å². The Kier molecular flexibility index (Phi) is 3.58. The van der Waals surface area contributed by atoms with Crippen molar-refractivity contribution in [2.24, 2.45) is 5.92 Å². The van der Waals surface area contributed by atoms with E-state index in [9.17, 15) is 4.79 Å². The number of aryl methyl sites for hydroxylation is 1. The van der Waals surface area contributed by atoms with Crippen LogP contribution < -0.4 is 4.74 Å². The molecule has 0 spiro atoms. The number of hydrogen-bond donors (Lipinski definition) is 0. The fourth-order valence-electron chi connectivity index (χ4n) is 2.87. The molecule has 20 heavy (non-hydrogen) atoms. The smallest absolute Gasteiger partial charge is 0.324 e. The minimum atomic E-state index is -0.253. The summed E-state index contributed by atoms with van der Waals surface area (Å²) in [6.45, 7) is 10.3. The lowest BCUT2D eigenvalue weighted by atomic mass is 9.87. The maximum atomic E-state index is 12.4. The zero-order valence-corrected chi connectivity index (χ0v) is 13.1. The zero-order valence-electron chi connectivity index (χ0n) is 13.1. The number of rotatable bonds is 2. The molecule has 2 heterocycles. The van der Waals surface area contributed by atoms with Gasteiger partial charge >= 0.3 is 12.0 Å². The lowest BCUT2D eigenvalue weighted by Gasteiger charge is -2.37. The van der Waals surface area contributed by atoms with Crippen molar-refractivity contribution in [1.29, 1.82) is 0 Å². The SMILES string of the molecule is Cc1cnc(OC(=O)C2CC(C)(C)N(C)C2(C)C)nc1. The van der Waals surface area contributed by atoms with Crippen LogP contribution in [0, 0.1) is 12.8 Å². The third-order valence-electron chi connectivity index (χ3n) is 4.56. The predicted octanol–water partition coefficient (Wildman–Crippen LogP) is 2.20. The third-order valence-corrected chi connectivity index (χ3v) is 4.56. The van der Waals surface area contributed by atoms with E-state index in [-0.39, 0.29) is 29.0 Å². The van der Waals surface area contributed by atoms with Gasteiger partial charge in [-0.25, -0.2) is 9.97 Å². The van der Waals surface area contributed by atoms with Crippen LogP contribution in [0.4, 0.5) is 0 Å². The third kappa shape index (κ3) is 2.54. The van der Waals surface area contributed by atoms with E-state index in [1.807, 2.05) is 6.92 Å². The van der Waals surface area contributed by atoms with Crippen molar-refractivity contribution in [2.45, 2.75) is 52.1 Å². The molecule has 0 saturated carbocycles. The first-order valence-corrected chi connectivity index (χ1v) is 6.89. The van der Waals surface area contributed by atoms with Gasteiger partial charge in [0.1, 0.15) is 0 Å². The average Bonchev–Trinajstić information content (AvgIpc) is 2.53. The number of carbonyl (C=O) groups is 1. The van der Waals surface area contributed by atoms with Crippen molar-refractivity contribution < 1.29 is 9.53 Å². The van der Waals surface area contributed by atoms with E-state index in [4.69, 9.17) is 4.74 Å². The molecule has 5 nitrogen and oxygen atoms in total. The Morgan fingerprint density at radius 1 is 1.30 bits per heavy atom. The molecule has 1 aromatic rings. The average molecular weight is 277 g/mol. The van der Waals surface area contributed by atoms with Gasteiger partial charge in [0.15, 0.2) is 0 Å². The second-order valence-electron chi connectivity index (χ2n) is 6.75. The summed E-state index contributed by atoms with van der Waals surface area (Å²) >= 11 is 0. The monoisotopic (exact) mass is 277 g/mol. The molecular weight excluding hydrogens is 254 g/mol. The molecule has 0 aromatic carbocycles. The summed E-state index contributed by atoms with van der Waals surface area (Å²) in [5, 5.41) is 0. The van der Waals surface area contributed by atoms with E-state index in [0.29, 0.717) is 0 Å². The molecule has 5 heteroatoms. The van der Waals surface area contributed by atoms with Crippen molar-refractivity contribution in [2.75, 3.05) is 7.05 Å². The second kappa shape index (κ2) is 4.81. The molecule has 1 atom stereocenters. The summed E-state index contributed by atoms with van der Waals surface area (Å²) in [4.78, 5) is 22.7. The van der Waals surface area contributed by atoms with Crippen LogP contribution in [0.25, 0.3) is 0 Å². The quantitative estimate of drug-likeness (QED) is 0.776. The van der Waals surface area contributed by atoms with E-state index in [0.717, 1.165) is 12.0 Å². The van der Waals surface area contributed by atoms with Crippen LogP contribution in [0.1, 0.15) is 39.7 Å². The Morgan fingerprint density at radius 3 is 2.30 bits per heavy atom. The number of aromatic nitrogens is 2. The largest absolute Gasteiger partial charge is 0.391 e. The molecule has 110 valence electrons. The first-order valence-electron chi connectivity index (χ1n) is 6.89. The van der Waals surface area contributed by atoms with Crippen LogP contribution in [0.2, 0.25) is 0 Å². The lowest BCUT2D eigenvalue weighted by Crippen LogP contribution is -2.48. The number of hydrogen-bond acceptors (Lipinski definition) is 5. The molecular formula is C15H23N3O2. The molecule has 1 saturated heterocycles. The molecule has 2 rings (SSSR count). The second-order valence-corrected chi connectivity index (χ2v) is 6.75. The molecule has 1 aromatic heterocycles. The highest BCUT2D eigenvalue weighted by Crippen LogP contribution is 2.44. The molecule has 0 radical (unpaired) electrons. The highest BCUT2D eigenvalue weighted by molar-refractivity contribution is 5.76. The van der Waals surface area contributed by atoms with Gasteiger partial charge < -0.3 is 4.74 Å². The normalized spacial score (nSPS) is 24.6. The molecule has 1 fully saturated rings. The van der Waals surface area contributed by atoms with Gasteiger partial charge in [0, 0.05) is 23.5 Å². The summed E-state index contributed by atoms with van der Waals surface area (Å²) in [6, 6.07) is 0.128. The van der Waals surface area contributed by atoms with Crippen LogP contribution in [0.5, 0.6) is 6.01 Å². The summed E-state index contributed by atoms with van der Waals surface area (Å²) in [6.07, 6.45) is 4.05. The first-order chi connectivity index (χ1) is 9.14. The number of esters is 1.